The highest BCUT2D eigenvalue weighted by molar-refractivity contribution is 7.07. The Hall–Kier alpha value is -1.23. The zero-order chi connectivity index (χ0) is 12.8. The maximum atomic E-state index is 13.0. The van der Waals surface area contributed by atoms with Gasteiger partial charge in [0.2, 0.25) is 0 Å². The van der Waals surface area contributed by atoms with E-state index < -0.39 is 6.10 Å². The lowest BCUT2D eigenvalue weighted by atomic mass is 10.1. The minimum Gasteiger partial charge on any atom is -0.387 e. The maximum absolute atomic E-state index is 13.0. The SMILES string of the molecule is OC(CNCCc1ccsc1)c1cccc(F)c1. The molecule has 1 aromatic carbocycles. The molecule has 0 amide bonds. The summed E-state index contributed by atoms with van der Waals surface area (Å²) in [5.41, 5.74) is 1.91. The minimum atomic E-state index is -0.664. The van der Waals surface area contributed by atoms with Crippen molar-refractivity contribution in [1.82, 2.24) is 5.32 Å². The van der Waals surface area contributed by atoms with Crippen LogP contribution in [0.5, 0.6) is 0 Å². The Bertz CT molecular complexity index is 472. The molecule has 0 aliphatic carbocycles. The number of hydrogen-bond donors (Lipinski definition) is 2. The Morgan fingerprint density at radius 3 is 2.94 bits per heavy atom. The van der Waals surface area contributed by atoms with Crippen LogP contribution >= 0.6 is 11.3 Å². The van der Waals surface area contributed by atoms with Crippen LogP contribution in [-0.2, 0) is 6.42 Å². The molecule has 0 aliphatic rings. The molecule has 0 fully saturated rings. The second-order valence-corrected chi connectivity index (χ2v) is 4.94. The van der Waals surface area contributed by atoms with Gasteiger partial charge in [0, 0.05) is 6.54 Å². The van der Waals surface area contributed by atoms with Gasteiger partial charge in [0.05, 0.1) is 6.10 Å². The summed E-state index contributed by atoms with van der Waals surface area (Å²) in [5.74, 6) is -0.315. The molecule has 2 rings (SSSR count). The summed E-state index contributed by atoms with van der Waals surface area (Å²) in [5, 5.41) is 17.2. The summed E-state index contributed by atoms with van der Waals surface area (Å²) < 4.78 is 13.0. The van der Waals surface area contributed by atoms with Crippen molar-refractivity contribution in [2.45, 2.75) is 12.5 Å². The Morgan fingerprint density at radius 1 is 1.33 bits per heavy atom. The average Bonchev–Trinajstić information content (AvgIpc) is 2.87. The first-order valence-corrected chi connectivity index (χ1v) is 6.85. The van der Waals surface area contributed by atoms with E-state index in [-0.39, 0.29) is 5.82 Å². The summed E-state index contributed by atoms with van der Waals surface area (Å²) >= 11 is 1.68. The minimum absolute atomic E-state index is 0.315. The molecule has 1 heterocycles. The summed E-state index contributed by atoms with van der Waals surface area (Å²) in [6, 6.07) is 8.17. The van der Waals surface area contributed by atoms with Gasteiger partial charge in [-0.15, -0.1) is 0 Å². The van der Waals surface area contributed by atoms with Crippen molar-refractivity contribution >= 4 is 11.3 Å². The van der Waals surface area contributed by atoms with Crippen LogP contribution < -0.4 is 5.32 Å². The first-order chi connectivity index (χ1) is 8.75. The van der Waals surface area contributed by atoms with Crippen LogP contribution in [0.25, 0.3) is 0 Å². The zero-order valence-corrected chi connectivity index (χ0v) is 10.8. The van der Waals surface area contributed by atoms with Crippen molar-refractivity contribution in [2.75, 3.05) is 13.1 Å². The molecule has 1 atom stereocenters. The smallest absolute Gasteiger partial charge is 0.123 e. The van der Waals surface area contributed by atoms with Gasteiger partial charge in [0.1, 0.15) is 5.82 Å². The van der Waals surface area contributed by atoms with Gasteiger partial charge in [-0.1, -0.05) is 12.1 Å². The fraction of sp³-hybridized carbons (Fsp3) is 0.286. The Morgan fingerprint density at radius 2 is 2.22 bits per heavy atom. The number of aliphatic hydroxyl groups excluding tert-OH is 1. The van der Waals surface area contributed by atoms with Crippen LogP contribution in [0, 0.1) is 5.82 Å². The number of benzene rings is 1. The summed E-state index contributed by atoms with van der Waals surface area (Å²) in [7, 11) is 0. The number of thiophene rings is 1. The molecule has 0 saturated carbocycles. The standard InChI is InChI=1S/C14H16FNOS/c15-13-3-1-2-12(8-13)14(17)9-16-6-4-11-5-7-18-10-11/h1-3,5,7-8,10,14,16-17H,4,6,9H2. The lowest BCUT2D eigenvalue weighted by Gasteiger charge is -2.12. The van der Waals surface area contributed by atoms with Gasteiger partial charge in [-0.3, -0.25) is 0 Å². The molecular formula is C14H16FNOS. The second kappa shape index (κ2) is 6.64. The normalized spacial score (nSPS) is 12.6. The first-order valence-electron chi connectivity index (χ1n) is 5.91. The molecular weight excluding hydrogens is 249 g/mol. The summed E-state index contributed by atoms with van der Waals surface area (Å²) in [4.78, 5) is 0. The second-order valence-electron chi connectivity index (χ2n) is 4.16. The molecule has 18 heavy (non-hydrogen) atoms. The van der Waals surface area contributed by atoms with E-state index in [1.54, 1.807) is 23.5 Å². The van der Waals surface area contributed by atoms with Crippen molar-refractivity contribution in [2.24, 2.45) is 0 Å². The highest BCUT2D eigenvalue weighted by Crippen LogP contribution is 2.13. The monoisotopic (exact) mass is 265 g/mol. The van der Waals surface area contributed by atoms with Gasteiger partial charge in [-0.25, -0.2) is 4.39 Å². The molecule has 0 saturated heterocycles. The molecule has 0 spiro atoms. The van der Waals surface area contributed by atoms with E-state index in [0.29, 0.717) is 12.1 Å². The van der Waals surface area contributed by atoms with Crippen LogP contribution in [0.15, 0.2) is 41.1 Å². The Labute approximate surface area is 110 Å². The highest BCUT2D eigenvalue weighted by atomic mass is 32.1. The number of rotatable bonds is 6. The lowest BCUT2D eigenvalue weighted by molar-refractivity contribution is 0.174. The predicted molar refractivity (Wildman–Crippen MR) is 72.3 cm³/mol. The molecule has 2 nitrogen and oxygen atoms in total. The zero-order valence-electron chi connectivity index (χ0n) is 9.97. The third-order valence-corrected chi connectivity index (χ3v) is 3.47. The topological polar surface area (TPSA) is 32.3 Å². The molecule has 96 valence electrons. The average molecular weight is 265 g/mol. The molecule has 1 unspecified atom stereocenters. The fourth-order valence-electron chi connectivity index (χ4n) is 1.74. The number of nitrogens with one attached hydrogen (secondary N) is 1. The van der Waals surface area contributed by atoms with E-state index in [0.717, 1.165) is 13.0 Å². The van der Waals surface area contributed by atoms with Gasteiger partial charge < -0.3 is 10.4 Å². The third-order valence-electron chi connectivity index (χ3n) is 2.74. The molecule has 2 N–H and O–H groups in total. The van der Waals surface area contributed by atoms with E-state index in [2.05, 4.69) is 22.1 Å². The number of halogens is 1. The molecule has 0 radical (unpaired) electrons. The van der Waals surface area contributed by atoms with E-state index >= 15 is 0 Å². The van der Waals surface area contributed by atoms with Gasteiger partial charge in [0.15, 0.2) is 0 Å². The van der Waals surface area contributed by atoms with Gasteiger partial charge in [0.25, 0.3) is 0 Å². The van der Waals surface area contributed by atoms with E-state index in [4.69, 9.17) is 0 Å². The van der Waals surface area contributed by atoms with Crippen molar-refractivity contribution in [1.29, 1.82) is 0 Å². The molecule has 0 aliphatic heterocycles. The van der Waals surface area contributed by atoms with Gasteiger partial charge >= 0.3 is 0 Å². The van der Waals surface area contributed by atoms with Crippen molar-refractivity contribution < 1.29 is 9.50 Å². The van der Waals surface area contributed by atoms with Crippen molar-refractivity contribution in [3.05, 3.63) is 58.0 Å². The van der Waals surface area contributed by atoms with Crippen LogP contribution in [0.2, 0.25) is 0 Å². The van der Waals surface area contributed by atoms with E-state index in [1.807, 2.05) is 0 Å². The summed E-state index contributed by atoms with van der Waals surface area (Å²) in [6.07, 6.45) is 0.280. The maximum Gasteiger partial charge on any atom is 0.123 e. The largest absolute Gasteiger partial charge is 0.387 e. The summed E-state index contributed by atoms with van der Waals surface area (Å²) in [6.45, 7) is 1.25. The van der Waals surface area contributed by atoms with E-state index in [9.17, 15) is 9.50 Å². The van der Waals surface area contributed by atoms with E-state index in [1.165, 1.54) is 17.7 Å². The van der Waals surface area contributed by atoms with Crippen LogP contribution in [0.4, 0.5) is 4.39 Å². The van der Waals surface area contributed by atoms with Gasteiger partial charge in [-0.05, 0) is 53.1 Å². The highest BCUT2D eigenvalue weighted by Gasteiger charge is 2.07. The first kappa shape index (κ1) is 13.2. The fourth-order valence-corrected chi connectivity index (χ4v) is 2.44. The number of hydrogen-bond acceptors (Lipinski definition) is 3. The molecule has 1 aromatic heterocycles. The molecule has 2 aromatic rings. The molecule has 0 bridgehead atoms. The van der Waals surface area contributed by atoms with Crippen molar-refractivity contribution in [3.63, 3.8) is 0 Å². The number of aliphatic hydroxyl groups is 1. The lowest BCUT2D eigenvalue weighted by Crippen LogP contribution is -2.23. The Kier molecular flexibility index (Phi) is 4.87. The van der Waals surface area contributed by atoms with Crippen LogP contribution in [0.1, 0.15) is 17.2 Å². The third kappa shape index (κ3) is 3.91. The predicted octanol–water partition coefficient (Wildman–Crippen LogP) is 2.75. The van der Waals surface area contributed by atoms with Crippen molar-refractivity contribution in [3.8, 4) is 0 Å². The van der Waals surface area contributed by atoms with Crippen LogP contribution in [0.3, 0.4) is 0 Å². The quantitative estimate of drug-likeness (QED) is 0.787. The van der Waals surface area contributed by atoms with Crippen LogP contribution in [-0.4, -0.2) is 18.2 Å². The Balaban J connectivity index is 1.73. The molecule has 4 heteroatoms. The van der Waals surface area contributed by atoms with Gasteiger partial charge in [-0.2, -0.15) is 11.3 Å².